The summed E-state index contributed by atoms with van der Waals surface area (Å²) in [7, 11) is 0. The fourth-order valence-electron chi connectivity index (χ4n) is 3.66. The van der Waals surface area contributed by atoms with Crippen LogP contribution in [0.1, 0.15) is 116 Å². The molecule has 0 bridgehead atoms. The van der Waals surface area contributed by atoms with Crippen molar-refractivity contribution in [2.24, 2.45) is 0 Å². The maximum Gasteiger partial charge on any atom is 0.333 e. The molecular weight excluding hydrogens is 398 g/mol. The van der Waals surface area contributed by atoms with Crippen LogP contribution in [0, 0.1) is 0 Å². The van der Waals surface area contributed by atoms with Crippen LogP contribution in [0.2, 0.25) is 0 Å². The summed E-state index contributed by atoms with van der Waals surface area (Å²) in [6, 6.07) is 2.52. The van der Waals surface area contributed by atoms with E-state index >= 15 is 0 Å². The first-order chi connectivity index (χ1) is 15.0. The van der Waals surface area contributed by atoms with Gasteiger partial charge in [-0.1, -0.05) is 89.9 Å². The summed E-state index contributed by atoms with van der Waals surface area (Å²) in [5.74, 6) is -1.73. The van der Waals surface area contributed by atoms with Crippen molar-refractivity contribution in [1.82, 2.24) is 4.73 Å². The first-order valence-corrected chi connectivity index (χ1v) is 12.0. The second-order valence-corrected chi connectivity index (χ2v) is 8.36. The van der Waals surface area contributed by atoms with Gasteiger partial charge in [-0.05, 0) is 12.8 Å². The Hall–Kier alpha value is -2.18. The number of unbranched alkanes of at least 4 members (excludes halogenated alkanes) is 15. The Bertz CT molecular complexity index is 594. The minimum Gasteiger partial charge on any atom is -0.492 e. The first-order valence-electron chi connectivity index (χ1n) is 12.0. The van der Waals surface area contributed by atoms with Crippen molar-refractivity contribution in [3.05, 3.63) is 12.1 Å². The smallest absolute Gasteiger partial charge is 0.333 e. The second kappa shape index (κ2) is 17.5. The van der Waals surface area contributed by atoms with Crippen LogP contribution in [0.5, 0.6) is 11.8 Å². The van der Waals surface area contributed by atoms with Crippen LogP contribution in [0.15, 0.2) is 12.1 Å². The Morgan fingerprint density at radius 2 is 0.935 bits per heavy atom. The van der Waals surface area contributed by atoms with Crippen LogP contribution in [0.3, 0.4) is 0 Å². The van der Waals surface area contributed by atoms with Gasteiger partial charge in [0.2, 0.25) is 11.8 Å². The number of carbonyl (C=O) groups excluding carboxylic acids is 1. The van der Waals surface area contributed by atoms with Gasteiger partial charge >= 0.3 is 11.9 Å². The number of hydrogen-bond acceptors (Lipinski definition) is 5. The largest absolute Gasteiger partial charge is 0.492 e. The minimum absolute atomic E-state index is 0.277. The molecule has 0 aliphatic heterocycles. The lowest BCUT2D eigenvalue weighted by molar-refractivity contribution is -0.145. The molecule has 7 nitrogen and oxygen atoms in total. The van der Waals surface area contributed by atoms with Gasteiger partial charge in [0.1, 0.15) is 0 Å². The van der Waals surface area contributed by atoms with Crippen molar-refractivity contribution in [1.29, 1.82) is 0 Å². The van der Waals surface area contributed by atoms with Crippen LogP contribution in [-0.4, -0.2) is 32.0 Å². The van der Waals surface area contributed by atoms with E-state index < -0.39 is 11.9 Å². The minimum atomic E-state index is -0.684. The number of aromatic nitrogens is 1. The molecule has 0 unspecified atom stereocenters. The Morgan fingerprint density at radius 1 is 0.613 bits per heavy atom. The third-order valence-corrected chi connectivity index (χ3v) is 5.51. The summed E-state index contributed by atoms with van der Waals surface area (Å²) >= 11 is 0. The van der Waals surface area contributed by atoms with E-state index in [1.54, 1.807) is 0 Å². The lowest BCUT2D eigenvalue weighted by Gasteiger charge is -2.06. The number of aromatic hydroxyl groups is 2. The van der Waals surface area contributed by atoms with Crippen molar-refractivity contribution in [3.8, 4) is 11.8 Å². The van der Waals surface area contributed by atoms with Gasteiger partial charge in [0, 0.05) is 25.0 Å². The third kappa shape index (κ3) is 14.5. The number of rotatable bonds is 20. The highest BCUT2D eigenvalue weighted by Crippen LogP contribution is 2.19. The van der Waals surface area contributed by atoms with E-state index in [-0.39, 0.29) is 18.2 Å². The van der Waals surface area contributed by atoms with E-state index in [1.165, 1.54) is 76.3 Å². The molecule has 0 fully saturated rings. The van der Waals surface area contributed by atoms with E-state index in [2.05, 4.69) is 0 Å². The first kappa shape index (κ1) is 26.9. The van der Waals surface area contributed by atoms with Crippen LogP contribution in [0.4, 0.5) is 0 Å². The number of nitrogens with zero attached hydrogens (tertiary/aromatic N) is 1. The van der Waals surface area contributed by atoms with E-state index in [0.29, 0.717) is 6.42 Å². The zero-order chi connectivity index (χ0) is 22.7. The van der Waals surface area contributed by atoms with Gasteiger partial charge in [0.15, 0.2) is 0 Å². The monoisotopic (exact) mass is 439 g/mol. The molecule has 0 aromatic carbocycles. The predicted octanol–water partition coefficient (Wildman–Crippen LogP) is 5.96. The molecule has 0 amide bonds. The average molecular weight is 440 g/mol. The molecule has 3 N–H and O–H groups in total. The molecule has 1 aromatic heterocycles. The van der Waals surface area contributed by atoms with Crippen molar-refractivity contribution in [3.63, 3.8) is 0 Å². The Morgan fingerprint density at radius 3 is 1.29 bits per heavy atom. The maximum absolute atomic E-state index is 11.7. The van der Waals surface area contributed by atoms with Crippen LogP contribution in [-0.2, 0) is 9.59 Å². The average Bonchev–Trinajstić information content (AvgIpc) is 3.04. The molecule has 31 heavy (non-hydrogen) atoms. The summed E-state index contributed by atoms with van der Waals surface area (Å²) in [6.45, 7) is 0. The van der Waals surface area contributed by atoms with E-state index in [0.717, 1.165) is 43.3 Å². The second-order valence-electron chi connectivity index (χ2n) is 8.36. The SMILES string of the molecule is O=C(O)CCCCCCCCCCCCCCCCCCC(=O)On1c(O)ccc1O. The normalized spacial score (nSPS) is 11.0. The van der Waals surface area contributed by atoms with Gasteiger partial charge in [-0.15, -0.1) is 4.73 Å². The highest BCUT2D eigenvalue weighted by atomic mass is 16.7. The van der Waals surface area contributed by atoms with E-state index in [1.807, 2.05) is 0 Å². The van der Waals surface area contributed by atoms with Gasteiger partial charge in [0.05, 0.1) is 0 Å². The molecule has 1 rings (SSSR count). The van der Waals surface area contributed by atoms with Crippen molar-refractivity contribution in [2.45, 2.75) is 116 Å². The number of aliphatic carboxylic acids is 1. The van der Waals surface area contributed by atoms with Crippen molar-refractivity contribution < 1.29 is 29.7 Å². The zero-order valence-corrected chi connectivity index (χ0v) is 18.9. The number of carboxylic acid groups (broad SMARTS) is 1. The molecule has 1 aromatic rings. The van der Waals surface area contributed by atoms with Crippen LogP contribution >= 0.6 is 0 Å². The molecule has 0 atom stereocenters. The molecule has 0 aliphatic rings. The maximum atomic E-state index is 11.7. The number of carbonyl (C=O) groups is 2. The molecule has 7 heteroatoms. The molecule has 0 saturated heterocycles. The standard InChI is InChI=1S/C24H41NO6/c26-21-19-20-22(27)25(21)31-24(30)18-16-14-12-10-8-6-4-2-1-3-5-7-9-11-13-15-17-23(28)29/h19-20,26-27H,1-18H2,(H,28,29). The number of carboxylic acids is 1. The Kier molecular flexibility index (Phi) is 15.2. The Balaban J connectivity index is 1.78. The lowest BCUT2D eigenvalue weighted by Crippen LogP contribution is -2.18. The summed E-state index contributed by atoms with van der Waals surface area (Å²) in [6.07, 6.45) is 19.2. The molecule has 178 valence electrons. The van der Waals surface area contributed by atoms with E-state index in [9.17, 15) is 19.8 Å². The van der Waals surface area contributed by atoms with Crippen LogP contribution in [0.25, 0.3) is 0 Å². The summed E-state index contributed by atoms with van der Waals surface area (Å²) < 4.78 is 0.730. The summed E-state index contributed by atoms with van der Waals surface area (Å²) in [5.41, 5.74) is 0. The molecular formula is C24H41NO6. The number of hydrogen-bond donors (Lipinski definition) is 3. The zero-order valence-electron chi connectivity index (χ0n) is 18.9. The topological polar surface area (TPSA) is 109 Å². The molecule has 0 spiro atoms. The summed E-state index contributed by atoms with van der Waals surface area (Å²) in [4.78, 5) is 27.0. The molecule has 0 saturated carbocycles. The molecule has 1 heterocycles. The van der Waals surface area contributed by atoms with Crippen LogP contribution < -0.4 is 4.84 Å². The molecule has 0 radical (unpaired) electrons. The summed E-state index contributed by atoms with van der Waals surface area (Å²) in [5, 5.41) is 27.4. The molecule has 0 aliphatic carbocycles. The van der Waals surface area contributed by atoms with E-state index in [4.69, 9.17) is 9.94 Å². The highest BCUT2D eigenvalue weighted by molar-refractivity contribution is 5.69. The Labute approximate surface area is 186 Å². The van der Waals surface area contributed by atoms with Gasteiger partial charge in [-0.3, -0.25) is 4.79 Å². The lowest BCUT2D eigenvalue weighted by atomic mass is 10.0. The van der Waals surface area contributed by atoms with Gasteiger partial charge in [-0.25, -0.2) is 4.79 Å². The fourth-order valence-corrected chi connectivity index (χ4v) is 3.66. The third-order valence-electron chi connectivity index (χ3n) is 5.51. The van der Waals surface area contributed by atoms with Gasteiger partial charge < -0.3 is 20.2 Å². The fraction of sp³-hybridized carbons (Fsp3) is 0.750. The quantitative estimate of drug-likeness (QED) is 0.216. The van der Waals surface area contributed by atoms with Crippen molar-refractivity contribution in [2.75, 3.05) is 0 Å². The predicted molar refractivity (Wildman–Crippen MR) is 120 cm³/mol. The highest BCUT2D eigenvalue weighted by Gasteiger charge is 2.11. The van der Waals surface area contributed by atoms with Gasteiger partial charge in [0.25, 0.3) is 0 Å². The van der Waals surface area contributed by atoms with Gasteiger partial charge in [-0.2, -0.15) is 0 Å². The van der Waals surface area contributed by atoms with Crippen molar-refractivity contribution >= 4 is 11.9 Å².